The van der Waals surface area contributed by atoms with Gasteiger partial charge in [-0.05, 0) is 26.1 Å². The Bertz CT molecular complexity index is 852. The van der Waals surface area contributed by atoms with Gasteiger partial charge >= 0.3 is 0 Å². The van der Waals surface area contributed by atoms with Crippen LogP contribution in [-0.2, 0) is 16.6 Å². The van der Waals surface area contributed by atoms with E-state index in [-0.39, 0.29) is 36.2 Å². The number of carbonyl (C=O) groups excluding carboxylic acids is 2. The molecule has 0 saturated carbocycles. The van der Waals surface area contributed by atoms with Crippen LogP contribution in [0, 0.1) is 6.92 Å². The molecule has 2 aromatic rings. The topological polar surface area (TPSA) is 79.6 Å². The van der Waals surface area contributed by atoms with Crippen molar-refractivity contribution in [2.24, 2.45) is 7.05 Å². The number of hydrogen-bond donors (Lipinski definition) is 1. The van der Waals surface area contributed by atoms with Gasteiger partial charge in [-0.15, -0.1) is 0 Å². The number of nitrogens with zero attached hydrogens (tertiary/aromatic N) is 4. The lowest BCUT2D eigenvalue weighted by Gasteiger charge is -2.18. The van der Waals surface area contributed by atoms with Gasteiger partial charge in [-0.2, -0.15) is 0 Å². The predicted molar refractivity (Wildman–Crippen MR) is 101 cm³/mol. The number of aromatic nitrogens is 2. The fourth-order valence-electron chi connectivity index (χ4n) is 2.56. The smallest absolute Gasteiger partial charge is 0.295 e. The van der Waals surface area contributed by atoms with Crippen LogP contribution in [0.4, 0.5) is 5.69 Å². The number of nitrogens with one attached hydrogen (secondary N) is 1. The van der Waals surface area contributed by atoms with Crippen LogP contribution in [-0.4, -0.2) is 65.2 Å². The quantitative estimate of drug-likeness (QED) is 0.812. The normalized spacial score (nSPS) is 10.8. The zero-order valence-corrected chi connectivity index (χ0v) is 15.8. The maximum absolute atomic E-state index is 12.8. The molecular weight excluding hydrogens is 334 g/mol. The lowest BCUT2D eigenvalue weighted by atomic mass is 10.3. The lowest BCUT2D eigenvalue weighted by molar-refractivity contribution is -0.130. The highest BCUT2D eigenvalue weighted by Crippen LogP contribution is 2.13. The highest BCUT2D eigenvalue weighted by molar-refractivity contribution is 5.93. The third-order valence-electron chi connectivity index (χ3n) is 4.14. The van der Waals surface area contributed by atoms with Gasteiger partial charge in [-0.1, -0.05) is 18.2 Å². The molecule has 0 saturated heterocycles. The van der Waals surface area contributed by atoms with Gasteiger partial charge in [0.05, 0.1) is 24.5 Å². The summed E-state index contributed by atoms with van der Waals surface area (Å²) >= 11 is 0. The molecule has 2 amide bonds. The number of hydrogen-bond acceptors (Lipinski definition) is 4. The molecule has 1 aromatic carbocycles. The Labute approximate surface area is 152 Å². The van der Waals surface area contributed by atoms with Gasteiger partial charge in [-0.25, -0.2) is 4.68 Å². The second-order valence-electron chi connectivity index (χ2n) is 6.45. The molecule has 140 valence electrons. The van der Waals surface area contributed by atoms with E-state index in [4.69, 9.17) is 0 Å². The van der Waals surface area contributed by atoms with Gasteiger partial charge in [-0.3, -0.25) is 24.0 Å². The summed E-state index contributed by atoms with van der Waals surface area (Å²) < 4.78 is 3.21. The molecule has 26 heavy (non-hydrogen) atoms. The third kappa shape index (κ3) is 4.20. The second kappa shape index (κ2) is 8.01. The average molecular weight is 359 g/mol. The van der Waals surface area contributed by atoms with Crippen LogP contribution < -0.4 is 10.9 Å². The van der Waals surface area contributed by atoms with Crippen molar-refractivity contribution in [3.63, 3.8) is 0 Å². The number of benzene rings is 1. The minimum absolute atomic E-state index is 0.0126. The molecule has 0 radical (unpaired) electrons. The predicted octanol–water partition coefficient (Wildman–Crippen LogP) is 0.443. The number of likely N-dealkylation sites (N-methyl/N-ethyl adjacent to an activating group) is 2. The molecule has 8 heteroatoms. The Hall–Kier alpha value is -2.87. The van der Waals surface area contributed by atoms with Gasteiger partial charge < -0.3 is 10.2 Å². The van der Waals surface area contributed by atoms with E-state index in [9.17, 15) is 14.4 Å². The van der Waals surface area contributed by atoms with E-state index in [0.29, 0.717) is 5.69 Å². The maximum atomic E-state index is 12.8. The van der Waals surface area contributed by atoms with E-state index in [2.05, 4.69) is 5.32 Å². The molecule has 0 atom stereocenters. The lowest BCUT2D eigenvalue weighted by Crippen LogP contribution is -2.38. The SMILES string of the molecule is Cc1c(NC(=O)CN(C)CC(=O)N(C)C)c(=O)n(-c2ccccc2)n1C. The number of rotatable bonds is 6. The number of para-hydroxylation sites is 1. The molecule has 0 fully saturated rings. The summed E-state index contributed by atoms with van der Waals surface area (Å²) in [6.45, 7) is 1.91. The number of amides is 2. The highest BCUT2D eigenvalue weighted by Gasteiger charge is 2.19. The Morgan fingerprint density at radius 1 is 1.08 bits per heavy atom. The summed E-state index contributed by atoms with van der Waals surface area (Å²) in [4.78, 5) is 39.8. The molecule has 0 bridgehead atoms. The molecule has 0 aliphatic heterocycles. The fourth-order valence-corrected chi connectivity index (χ4v) is 2.56. The minimum atomic E-state index is -0.343. The molecule has 0 unspecified atom stereocenters. The van der Waals surface area contributed by atoms with E-state index in [0.717, 1.165) is 5.69 Å². The van der Waals surface area contributed by atoms with Crippen LogP contribution >= 0.6 is 0 Å². The van der Waals surface area contributed by atoms with E-state index >= 15 is 0 Å². The summed E-state index contributed by atoms with van der Waals surface area (Å²) in [7, 11) is 6.77. The third-order valence-corrected chi connectivity index (χ3v) is 4.14. The van der Waals surface area contributed by atoms with E-state index in [1.54, 1.807) is 44.7 Å². The van der Waals surface area contributed by atoms with E-state index in [1.165, 1.54) is 9.58 Å². The Balaban J connectivity index is 2.16. The zero-order chi connectivity index (χ0) is 19.4. The van der Waals surface area contributed by atoms with Gasteiger partial charge in [0.25, 0.3) is 5.56 Å². The van der Waals surface area contributed by atoms with Crippen molar-refractivity contribution in [2.45, 2.75) is 6.92 Å². The van der Waals surface area contributed by atoms with Crippen molar-refractivity contribution in [1.29, 1.82) is 0 Å². The number of carbonyl (C=O) groups is 2. The monoisotopic (exact) mass is 359 g/mol. The van der Waals surface area contributed by atoms with Gasteiger partial charge in [0.15, 0.2) is 0 Å². The molecule has 0 aliphatic carbocycles. The first kappa shape index (κ1) is 19.5. The zero-order valence-electron chi connectivity index (χ0n) is 15.8. The van der Waals surface area contributed by atoms with Crippen LogP contribution in [0.25, 0.3) is 5.69 Å². The molecule has 8 nitrogen and oxygen atoms in total. The average Bonchev–Trinajstić information content (AvgIpc) is 2.79. The molecule has 1 aromatic heterocycles. The first-order valence-corrected chi connectivity index (χ1v) is 8.25. The van der Waals surface area contributed by atoms with Gasteiger partial charge in [0.2, 0.25) is 11.8 Å². The Morgan fingerprint density at radius 2 is 1.69 bits per heavy atom. The Kier molecular flexibility index (Phi) is 5.99. The first-order chi connectivity index (χ1) is 12.2. The molecule has 0 spiro atoms. The Morgan fingerprint density at radius 3 is 2.27 bits per heavy atom. The molecule has 2 rings (SSSR count). The first-order valence-electron chi connectivity index (χ1n) is 8.25. The summed E-state index contributed by atoms with van der Waals surface area (Å²) in [5.41, 5.74) is 1.32. The van der Waals surface area contributed by atoms with Crippen LogP contribution in [0.15, 0.2) is 35.1 Å². The molecule has 1 heterocycles. The van der Waals surface area contributed by atoms with Crippen LogP contribution in [0.2, 0.25) is 0 Å². The van der Waals surface area contributed by atoms with E-state index in [1.807, 2.05) is 30.3 Å². The van der Waals surface area contributed by atoms with Crippen molar-refractivity contribution in [1.82, 2.24) is 19.2 Å². The van der Waals surface area contributed by atoms with E-state index < -0.39 is 0 Å². The van der Waals surface area contributed by atoms with Gasteiger partial charge in [0, 0.05) is 21.1 Å². The summed E-state index contributed by atoms with van der Waals surface area (Å²) in [6, 6.07) is 9.22. The second-order valence-corrected chi connectivity index (χ2v) is 6.45. The van der Waals surface area contributed by atoms with Crippen molar-refractivity contribution >= 4 is 17.5 Å². The van der Waals surface area contributed by atoms with Crippen molar-refractivity contribution in [3.8, 4) is 5.69 Å². The van der Waals surface area contributed by atoms with Crippen molar-refractivity contribution in [3.05, 3.63) is 46.4 Å². The largest absolute Gasteiger partial charge is 0.348 e. The van der Waals surface area contributed by atoms with Crippen molar-refractivity contribution in [2.75, 3.05) is 39.5 Å². The minimum Gasteiger partial charge on any atom is -0.348 e. The summed E-state index contributed by atoms with van der Waals surface area (Å²) in [5, 5.41) is 2.68. The summed E-state index contributed by atoms with van der Waals surface area (Å²) in [5.74, 6) is -0.437. The number of anilines is 1. The van der Waals surface area contributed by atoms with Gasteiger partial charge in [0.1, 0.15) is 5.69 Å². The standard InChI is InChI=1S/C18H25N5O3/c1-13-17(19-15(24)11-21(4)12-16(25)20(2)3)18(26)23(22(13)5)14-9-7-6-8-10-14/h6-10H,11-12H2,1-5H3,(H,19,24). The fraction of sp³-hybridized carbons (Fsp3) is 0.389. The van der Waals surface area contributed by atoms with Crippen LogP contribution in [0.5, 0.6) is 0 Å². The molecule has 0 aliphatic rings. The van der Waals surface area contributed by atoms with Crippen LogP contribution in [0.1, 0.15) is 5.69 Å². The maximum Gasteiger partial charge on any atom is 0.295 e. The summed E-state index contributed by atoms with van der Waals surface area (Å²) in [6.07, 6.45) is 0. The van der Waals surface area contributed by atoms with Crippen molar-refractivity contribution < 1.29 is 9.59 Å². The molecule has 1 N–H and O–H groups in total. The van der Waals surface area contributed by atoms with Crippen LogP contribution in [0.3, 0.4) is 0 Å². The highest BCUT2D eigenvalue weighted by atomic mass is 16.2. The molecular formula is C18H25N5O3.